The molecule has 0 saturated carbocycles. The van der Waals surface area contributed by atoms with E-state index in [0.29, 0.717) is 0 Å². The lowest BCUT2D eigenvalue weighted by Gasteiger charge is -1.97. The highest BCUT2D eigenvalue weighted by atomic mass is 127. The van der Waals surface area contributed by atoms with Gasteiger partial charge in [0.05, 0.1) is 0 Å². The van der Waals surface area contributed by atoms with Gasteiger partial charge in [-0.05, 0) is 6.54 Å². The van der Waals surface area contributed by atoms with Gasteiger partial charge < -0.3 is 5.32 Å². The molecule has 0 fully saturated rings. The first kappa shape index (κ1) is 7.65. The lowest BCUT2D eigenvalue weighted by molar-refractivity contribution is 0.651. The van der Waals surface area contributed by atoms with E-state index >= 15 is 0 Å². The summed E-state index contributed by atoms with van der Waals surface area (Å²) >= 11 is 2.28. The maximum atomic E-state index is 3.13. The molecule has 0 rings (SSSR count). The first-order valence-corrected chi connectivity index (χ1v) is 3.91. The molecule has 2 N–H and O–H groups in total. The molecule has 3 heteroatoms. The van der Waals surface area contributed by atoms with Crippen molar-refractivity contribution in [2.75, 3.05) is 17.8 Å². The molecule has 0 heterocycles. The van der Waals surface area contributed by atoms with Gasteiger partial charge in [-0.2, -0.15) is 0 Å². The van der Waals surface area contributed by atoms with Crippen molar-refractivity contribution in [2.45, 2.75) is 6.92 Å². The second kappa shape index (κ2) is 6.65. The van der Waals surface area contributed by atoms with E-state index in [9.17, 15) is 0 Å². The Balaban J connectivity index is 2.45. The fraction of sp³-hybridized carbons (Fsp3) is 1.00. The summed E-state index contributed by atoms with van der Waals surface area (Å²) in [5.41, 5.74) is 0. The molecule has 0 aromatic carbocycles. The molecule has 0 bridgehead atoms. The van der Waals surface area contributed by atoms with E-state index in [1.165, 1.54) is 0 Å². The normalized spacial score (nSPS) is 9.43. The van der Waals surface area contributed by atoms with Gasteiger partial charge in [-0.3, -0.25) is 5.32 Å². The minimum atomic E-state index is 0.930. The number of halogens is 1. The fourth-order valence-corrected chi connectivity index (χ4v) is 0.530. The predicted molar refractivity (Wildman–Crippen MR) is 40.6 cm³/mol. The minimum Gasteiger partial charge on any atom is -0.305 e. The van der Waals surface area contributed by atoms with Crippen molar-refractivity contribution < 1.29 is 0 Å². The van der Waals surface area contributed by atoms with Crippen LogP contribution in [0, 0.1) is 0 Å². The number of nitrogens with one attached hydrogen (secondary N) is 2. The third kappa shape index (κ3) is 6.65. The topological polar surface area (TPSA) is 24.1 Å². The van der Waals surface area contributed by atoms with Crippen LogP contribution < -0.4 is 10.6 Å². The molecule has 0 spiro atoms. The first-order valence-electron chi connectivity index (χ1n) is 2.39. The van der Waals surface area contributed by atoms with Gasteiger partial charge >= 0.3 is 0 Å². The molecule has 0 aliphatic rings. The third-order valence-electron chi connectivity index (χ3n) is 0.594. The second-order valence-corrected chi connectivity index (χ2v) is 1.93. The molecule has 0 aromatic heterocycles. The molecule has 0 radical (unpaired) electrons. The Hall–Kier alpha value is 0.650. The highest BCUT2D eigenvalue weighted by Gasteiger charge is 1.74. The fourth-order valence-electron chi connectivity index (χ4n) is 0.261. The van der Waals surface area contributed by atoms with Crippen molar-refractivity contribution in [3.05, 3.63) is 0 Å². The number of hydrogen-bond donors (Lipinski definition) is 2. The van der Waals surface area contributed by atoms with Crippen molar-refractivity contribution in [3.63, 3.8) is 0 Å². The molecular formula is C4H11IN2. The molecule has 0 saturated heterocycles. The van der Waals surface area contributed by atoms with Crippen LogP contribution in [0.1, 0.15) is 6.92 Å². The summed E-state index contributed by atoms with van der Waals surface area (Å²) in [7, 11) is 0. The molecule has 44 valence electrons. The SMILES string of the molecule is CCNCNCI. The van der Waals surface area contributed by atoms with Crippen molar-refractivity contribution in [2.24, 2.45) is 0 Å². The number of rotatable bonds is 4. The Labute approximate surface area is 58.2 Å². The molecule has 0 aromatic rings. The average Bonchev–Trinajstić information content (AvgIpc) is 1.69. The van der Waals surface area contributed by atoms with Gasteiger partial charge in [-0.1, -0.05) is 29.5 Å². The van der Waals surface area contributed by atoms with Gasteiger partial charge in [0.1, 0.15) is 0 Å². The lowest BCUT2D eigenvalue weighted by Crippen LogP contribution is -2.27. The summed E-state index contributed by atoms with van der Waals surface area (Å²) in [5, 5.41) is 6.26. The standard InChI is InChI=1S/C4H11IN2/c1-2-6-4-7-3-5/h6-7H,2-4H2,1H3. The summed E-state index contributed by atoms with van der Waals surface area (Å²) in [6.07, 6.45) is 0. The summed E-state index contributed by atoms with van der Waals surface area (Å²) in [6, 6.07) is 0. The summed E-state index contributed by atoms with van der Waals surface area (Å²) in [4.78, 5) is 0. The van der Waals surface area contributed by atoms with E-state index in [2.05, 4.69) is 40.1 Å². The highest BCUT2D eigenvalue weighted by molar-refractivity contribution is 14.1. The molecule has 2 nitrogen and oxygen atoms in total. The third-order valence-corrected chi connectivity index (χ3v) is 1.13. The number of alkyl halides is 1. The van der Waals surface area contributed by atoms with Crippen LogP contribution in [0.25, 0.3) is 0 Å². The summed E-state index contributed by atoms with van der Waals surface area (Å²) in [6.45, 7) is 4.07. The highest BCUT2D eigenvalue weighted by Crippen LogP contribution is 1.68. The average molecular weight is 214 g/mol. The molecule has 0 unspecified atom stereocenters. The van der Waals surface area contributed by atoms with Crippen LogP contribution in [-0.2, 0) is 0 Å². The molecular weight excluding hydrogens is 203 g/mol. The van der Waals surface area contributed by atoms with E-state index in [1.807, 2.05) is 0 Å². The van der Waals surface area contributed by atoms with Gasteiger partial charge in [0.15, 0.2) is 0 Å². The van der Waals surface area contributed by atoms with Crippen LogP contribution in [0.5, 0.6) is 0 Å². The zero-order valence-electron chi connectivity index (χ0n) is 4.50. The van der Waals surface area contributed by atoms with E-state index in [1.54, 1.807) is 0 Å². The monoisotopic (exact) mass is 214 g/mol. The van der Waals surface area contributed by atoms with Gasteiger partial charge in [-0.25, -0.2) is 0 Å². The van der Waals surface area contributed by atoms with E-state index in [4.69, 9.17) is 0 Å². The molecule has 7 heavy (non-hydrogen) atoms. The van der Waals surface area contributed by atoms with Crippen LogP contribution in [0.15, 0.2) is 0 Å². The maximum absolute atomic E-state index is 3.13. The Kier molecular flexibility index (Phi) is 7.27. The van der Waals surface area contributed by atoms with Gasteiger partial charge in [0.2, 0.25) is 0 Å². The van der Waals surface area contributed by atoms with Crippen molar-refractivity contribution in [1.82, 2.24) is 10.6 Å². The zero-order valence-corrected chi connectivity index (χ0v) is 6.66. The molecule has 0 atom stereocenters. The Bertz CT molecular complexity index is 28.9. The van der Waals surface area contributed by atoms with Crippen LogP contribution in [0.4, 0.5) is 0 Å². The van der Waals surface area contributed by atoms with E-state index in [-0.39, 0.29) is 0 Å². The van der Waals surface area contributed by atoms with Crippen molar-refractivity contribution >= 4 is 22.6 Å². The van der Waals surface area contributed by atoms with E-state index < -0.39 is 0 Å². The van der Waals surface area contributed by atoms with Crippen LogP contribution in [-0.4, -0.2) is 17.8 Å². The quantitative estimate of drug-likeness (QED) is 0.234. The predicted octanol–water partition coefficient (Wildman–Crippen LogP) is 0.535. The van der Waals surface area contributed by atoms with Crippen molar-refractivity contribution in [3.8, 4) is 0 Å². The summed E-state index contributed by atoms with van der Waals surface area (Å²) in [5.74, 6) is 0. The zero-order chi connectivity index (χ0) is 5.54. The Morgan fingerprint density at radius 1 is 1.43 bits per heavy atom. The largest absolute Gasteiger partial charge is 0.305 e. The van der Waals surface area contributed by atoms with Crippen LogP contribution >= 0.6 is 22.6 Å². The van der Waals surface area contributed by atoms with Gasteiger partial charge in [0, 0.05) is 11.2 Å². The maximum Gasteiger partial charge on any atom is 0.0489 e. The minimum absolute atomic E-state index is 0.930. The molecule has 0 aliphatic carbocycles. The number of hydrogen-bond acceptors (Lipinski definition) is 2. The lowest BCUT2D eigenvalue weighted by atomic mass is 10.7. The molecule has 0 aliphatic heterocycles. The second-order valence-electron chi connectivity index (χ2n) is 1.16. The first-order chi connectivity index (χ1) is 3.41. The smallest absolute Gasteiger partial charge is 0.0489 e. The van der Waals surface area contributed by atoms with Gasteiger partial charge in [0.25, 0.3) is 0 Å². The van der Waals surface area contributed by atoms with Gasteiger partial charge in [-0.15, -0.1) is 0 Å². The summed E-state index contributed by atoms with van der Waals surface area (Å²) < 4.78 is 1.02. The Morgan fingerprint density at radius 2 is 2.14 bits per heavy atom. The van der Waals surface area contributed by atoms with Crippen LogP contribution in [0.2, 0.25) is 0 Å². The van der Waals surface area contributed by atoms with Crippen molar-refractivity contribution in [1.29, 1.82) is 0 Å². The molecule has 0 amide bonds. The Morgan fingerprint density at radius 3 is 2.57 bits per heavy atom. The van der Waals surface area contributed by atoms with E-state index in [0.717, 1.165) is 17.8 Å². The van der Waals surface area contributed by atoms with Crippen LogP contribution in [0.3, 0.4) is 0 Å².